The van der Waals surface area contributed by atoms with E-state index in [-0.39, 0.29) is 12.1 Å². The van der Waals surface area contributed by atoms with Gasteiger partial charge in [0.15, 0.2) is 5.75 Å². The molecule has 192 valence electrons. The number of hydrogen-bond acceptors (Lipinski definition) is 8. The van der Waals surface area contributed by atoms with Gasteiger partial charge in [0.05, 0.1) is 40.0 Å². The van der Waals surface area contributed by atoms with E-state index in [0.717, 1.165) is 75.6 Å². The Morgan fingerprint density at radius 2 is 1.95 bits per heavy atom. The summed E-state index contributed by atoms with van der Waals surface area (Å²) in [6.45, 7) is 4.02. The van der Waals surface area contributed by atoms with Gasteiger partial charge in [-0.2, -0.15) is 0 Å². The smallest absolute Gasteiger partial charge is 0.156 e. The minimum absolute atomic E-state index is 0.126. The molecule has 0 unspecified atom stereocenters. The molecule has 2 aliphatic heterocycles. The zero-order chi connectivity index (χ0) is 25.8. The molecule has 9 nitrogen and oxygen atoms in total. The van der Waals surface area contributed by atoms with Gasteiger partial charge in [-0.25, -0.2) is 15.0 Å². The average Bonchev–Trinajstić information content (AvgIpc) is 3.29. The molecule has 0 radical (unpaired) electrons. The summed E-state index contributed by atoms with van der Waals surface area (Å²) in [5.74, 6) is 3.08. The normalized spacial score (nSPS) is 18.9. The van der Waals surface area contributed by atoms with E-state index in [2.05, 4.69) is 49.7 Å². The molecule has 2 atom stereocenters. The van der Waals surface area contributed by atoms with Crippen LogP contribution in [0.4, 0.5) is 17.2 Å². The minimum atomic E-state index is 0.126. The van der Waals surface area contributed by atoms with Gasteiger partial charge < -0.3 is 29.6 Å². The van der Waals surface area contributed by atoms with Crippen molar-refractivity contribution in [3.8, 4) is 17.2 Å². The Balaban J connectivity index is 1.17. The van der Waals surface area contributed by atoms with Gasteiger partial charge in [0, 0.05) is 31.9 Å². The zero-order valence-corrected chi connectivity index (χ0v) is 21.6. The standard InChI is InChI=1S/C29H29N7O2/c1-17-12-18(4-9-25(17)37-19-5-8-24-22(13-19)32-16-36(24)3)33-29-27-20(30-15-31-29)6-7-21-28(27)38-26-10-11-35(2)14-23(26)34-21/h4-9,12-13,15-16,23,26,34H,10-11,14H2,1-3H3,(H,30,31,33)/t23-,26-/m0/s1. The molecular formula is C29H29N7O2. The van der Waals surface area contributed by atoms with Crippen LogP contribution in [0.2, 0.25) is 0 Å². The fourth-order valence-corrected chi connectivity index (χ4v) is 5.46. The number of rotatable bonds is 4. The van der Waals surface area contributed by atoms with Crippen LogP contribution in [-0.2, 0) is 7.05 Å². The number of aryl methyl sites for hydroxylation is 2. The fourth-order valence-electron chi connectivity index (χ4n) is 5.46. The summed E-state index contributed by atoms with van der Waals surface area (Å²) >= 11 is 0. The average molecular weight is 508 g/mol. The highest BCUT2D eigenvalue weighted by molar-refractivity contribution is 6.00. The first-order valence-corrected chi connectivity index (χ1v) is 12.9. The van der Waals surface area contributed by atoms with Gasteiger partial charge in [-0.15, -0.1) is 0 Å². The van der Waals surface area contributed by atoms with Crippen LogP contribution >= 0.6 is 0 Å². The summed E-state index contributed by atoms with van der Waals surface area (Å²) in [5, 5.41) is 8.08. The summed E-state index contributed by atoms with van der Waals surface area (Å²) in [5.41, 5.74) is 5.71. The Kier molecular flexibility index (Phi) is 5.33. The van der Waals surface area contributed by atoms with Crippen molar-refractivity contribution in [3.05, 3.63) is 66.7 Å². The largest absolute Gasteiger partial charge is 0.485 e. The van der Waals surface area contributed by atoms with Crippen molar-refractivity contribution in [2.24, 2.45) is 7.05 Å². The summed E-state index contributed by atoms with van der Waals surface area (Å²) in [6, 6.07) is 16.3. The molecule has 0 bridgehead atoms. The highest BCUT2D eigenvalue weighted by Crippen LogP contribution is 2.42. The van der Waals surface area contributed by atoms with Gasteiger partial charge in [-0.1, -0.05) is 0 Å². The number of anilines is 3. The van der Waals surface area contributed by atoms with Crippen LogP contribution in [0, 0.1) is 6.92 Å². The van der Waals surface area contributed by atoms with Crippen molar-refractivity contribution in [1.82, 2.24) is 24.4 Å². The molecule has 4 heterocycles. The maximum Gasteiger partial charge on any atom is 0.156 e. The molecule has 1 saturated heterocycles. The first-order valence-electron chi connectivity index (χ1n) is 12.9. The summed E-state index contributed by atoms with van der Waals surface area (Å²) in [4.78, 5) is 15.9. The molecule has 2 aliphatic rings. The first kappa shape index (κ1) is 22.8. The monoisotopic (exact) mass is 507 g/mol. The van der Waals surface area contributed by atoms with Crippen molar-refractivity contribution >= 4 is 39.1 Å². The van der Waals surface area contributed by atoms with Gasteiger partial charge in [0.25, 0.3) is 0 Å². The third-order valence-electron chi connectivity index (χ3n) is 7.48. The van der Waals surface area contributed by atoms with Crippen molar-refractivity contribution in [2.75, 3.05) is 30.8 Å². The second-order valence-corrected chi connectivity index (χ2v) is 10.2. The molecule has 1 fully saturated rings. The number of aromatic nitrogens is 4. The Bertz CT molecular complexity index is 1680. The third-order valence-corrected chi connectivity index (χ3v) is 7.48. The number of nitrogens with zero attached hydrogens (tertiary/aromatic N) is 5. The molecule has 9 heteroatoms. The second kappa shape index (κ2) is 8.88. The van der Waals surface area contributed by atoms with Crippen LogP contribution in [0.15, 0.2) is 61.2 Å². The maximum atomic E-state index is 6.58. The highest BCUT2D eigenvalue weighted by atomic mass is 16.5. The van der Waals surface area contributed by atoms with Crippen molar-refractivity contribution in [1.29, 1.82) is 0 Å². The van der Waals surface area contributed by atoms with Crippen LogP contribution < -0.4 is 20.1 Å². The fraction of sp³-hybridized carbons (Fsp3) is 0.276. The zero-order valence-electron chi connectivity index (χ0n) is 21.6. The van der Waals surface area contributed by atoms with E-state index in [1.165, 1.54) is 0 Å². The van der Waals surface area contributed by atoms with Gasteiger partial charge in [0.2, 0.25) is 0 Å². The molecule has 7 rings (SSSR count). The van der Waals surface area contributed by atoms with Crippen LogP contribution in [0.1, 0.15) is 12.0 Å². The number of nitrogens with one attached hydrogen (secondary N) is 2. The quantitative estimate of drug-likeness (QED) is 0.342. The summed E-state index contributed by atoms with van der Waals surface area (Å²) in [6.07, 6.45) is 4.50. The lowest BCUT2D eigenvalue weighted by atomic mass is 9.99. The lowest BCUT2D eigenvalue weighted by Crippen LogP contribution is -2.53. The van der Waals surface area contributed by atoms with Gasteiger partial charge in [-0.05, 0) is 68.4 Å². The van der Waals surface area contributed by atoms with Crippen LogP contribution in [0.3, 0.4) is 0 Å². The number of fused-ring (bicyclic) bond motifs is 5. The topological polar surface area (TPSA) is 89.4 Å². The second-order valence-electron chi connectivity index (χ2n) is 10.2. The Morgan fingerprint density at radius 3 is 2.84 bits per heavy atom. The molecule has 5 aromatic rings. The van der Waals surface area contributed by atoms with Crippen molar-refractivity contribution in [3.63, 3.8) is 0 Å². The molecule has 0 saturated carbocycles. The molecular weight excluding hydrogens is 478 g/mol. The van der Waals surface area contributed by atoms with E-state index in [1.807, 2.05) is 54.9 Å². The SMILES string of the molecule is Cc1cc(Nc2ncnc3ccc4c(c23)O[C@H]2CCN(C)C[C@@H]2N4)ccc1Oc1ccc2c(c1)ncn2C. The van der Waals surface area contributed by atoms with Crippen LogP contribution in [0.25, 0.3) is 21.9 Å². The number of ether oxygens (including phenoxy) is 2. The van der Waals surface area contributed by atoms with E-state index < -0.39 is 0 Å². The number of benzene rings is 3. The summed E-state index contributed by atoms with van der Waals surface area (Å²) in [7, 11) is 4.14. The predicted molar refractivity (Wildman–Crippen MR) is 149 cm³/mol. The number of imidazole rings is 1. The van der Waals surface area contributed by atoms with Crippen molar-refractivity contribution < 1.29 is 9.47 Å². The first-order chi connectivity index (χ1) is 18.5. The van der Waals surface area contributed by atoms with Crippen LogP contribution in [0.5, 0.6) is 17.2 Å². The summed E-state index contributed by atoms with van der Waals surface area (Å²) < 4.78 is 14.8. The van der Waals surface area contributed by atoms with E-state index >= 15 is 0 Å². The van der Waals surface area contributed by atoms with E-state index in [1.54, 1.807) is 12.7 Å². The highest BCUT2D eigenvalue weighted by Gasteiger charge is 2.35. The van der Waals surface area contributed by atoms with E-state index in [4.69, 9.17) is 9.47 Å². The Labute approximate surface area is 220 Å². The molecule has 3 aromatic carbocycles. The lowest BCUT2D eigenvalue weighted by Gasteiger charge is -2.41. The number of likely N-dealkylation sites (tertiary alicyclic amines) is 1. The number of piperidine rings is 1. The molecule has 0 spiro atoms. The molecule has 2 N–H and O–H groups in total. The van der Waals surface area contributed by atoms with Gasteiger partial charge in [0.1, 0.15) is 29.7 Å². The third kappa shape index (κ3) is 3.95. The molecule has 0 amide bonds. The number of likely N-dealkylation sites (N-methyl/N-ethyl adjacent to an activating group) is 1. The van der Waals surface area contributed by atoms with E-state index in [9.17, 15) is 0 Å². The Morgan fingerprint density at radius 1 is 1.03 bits per heavy atom. The van der Waals surface area contributed by atoms with E-state index in [0.29, 0.717) is 5.82 Å². The van der Waals surface area contributed by atoms with Crippen molar-refractivity contribution in [2.45, 2.75) is 25.5 Å². The minimum Gasteiger partial charge on any atom is -0.485 e. The van der Waals surface area contributed by atoms with Gasteiger partial charge in [-0.3, -0.25) is 0 Å². The Hall–Kier alpha value is -4.37. The van der Waals surface area contributed by atoms with Gasteiger partial charge >= 0.3 is 0 Å². The maximum absolute atomic E-state index is 6.58. The molecule has 2 aromatic heterocycles. The molecule has 0 aliphatic carbocycles. The molecule has 38 heavy (non-hydrogen) atoms. The lowest BCUT2D eigenvalue weighted by molar-refractivity contribution is 0.0940. The van der Waals surface area contributed by atoms with Crippen LogP contribution in [-0.4, -0.2) is 56.7 Å². The number of hydrogen-bond donors (Lipinski definition) is 2. The predicted octanol–water partition coefficient (Wildman–Crippen LogP) is 5.24.